The number of nitrogens with zero attached hydrogens (tertiary/aromatic N) is 5. The van der Waals surface area contributed by atoms with Gasteiger partial charge in [-0.2, -0.15) is 8.42 Å². The van der Waals surface area contributed by atoms with Gasteiger partial charge >= 0.3 is 0 Å². The molecule has 0 aliphatic rings. The summed E-state index contributed by atoms with van der Waals surface area (Å²) < 4.78 is 121. The molecule has 0 unspecified atom stereocenters. The molecule has 0 aliphatic heterocycles. The number of benzene rings is 4. The molecule has 16 nitrogen and oxygen atoms in total. The summed E-state index contributed by atoms with van der Waals surface area (Å²) >= 11 is 0. The van der Waals surface area contributed by atoms with Crippen molar-refractivity contribution in [3.05, 3.63) is 84.8 Å². The Balaban J connectivity index is 1.10. The Labute approximate surface area is 301 Å². The molecule has 0 aliphatic carbocycles. The Morgan fingerprint density at radius 3 is 1.96 bits per heavy atom. The molecule has 19 heteroatoms. The summed E-state index contributed by atoms with van der Waals surface area (Å²) in [5.74, 6) is 2.47. The zero-order chi connectivity index (χ0) is 37.7. The second-order valence-electron chi connectivity index (χ2n) is 11.5. The van der Waals surface area contributed by atoms with Crippen molar-refractivity contribution in [1.29, 1.82) is 0 Å². The predicted octanol–water partition coefficient (Wildman–Crippen LogP) is 3.43. The lowest BCUT2D eigenvalue weighted by atomic mass is 9.93. The summed E-state index contributed by atoms with van der Waals surface area (Å²) in [7, 11) is -15.6. The van der Waals surface area contributed by atoms with E-state index in [2.05, 4.69) is 26.2 Å². The van der Waals surface area contributed by atoms with Gasteiger partial charge in [-0.3, -0.25) is 14.5 Å². The molecule has 0 fully saturated rings. The number of terminal acetylenes is 1. The van der Waals surface area contributed by atoms with Crippen LogP contribution in [0, 0.1) is 12.3 Å². The molecule has 270 valence electrons. The summed E-state index contributed by atoms with van der Waals surface area (Å²) in [4.78, 5) is 6.08. The van der Waals surface area contributed by atoms with Crippen LogP contribution in [0.1, 0.15) is 5.56 Å². The van der Waals surface area contributed by atoms with E-state index in [-0.39, 0.29) is 57.9 Å². The standard InChI is InChI=1S/C34H25N5O11S3/c1-2-20-7-9-35-26(15-20)27-16-21(8-10-36-27)28-19-39(38-37-28)11-12-49-13-14-50-29-17-30(51(40,41)42)23-5-6-25-32(53(46,47)48)18-31(52(43,44)45)24-4-3-22(29)33(23)34(24)25/h1,3-10,15-19H,11-14H2,(H,40,41,42)(H,43,44,45)(H,46,47,48)/p-2. The molecule has 3 heterocycles. The number of hydrogen-bond acceptors (Lipinski definition) is 14. The average molecular weight is 774 g/mol. The monoisotopic (exact) mass is 773 g/mol. The van der Waals surface area contributed by atoms with E-state index in [0.29, 0.717) is 35.3 Å². The van der Waals surface area contributed by atoms with Crippen molar-refractivity contribution < 1.29 is 48.4 Å². The highest BCUT2D eigenvalue weighted by Crippen LogP contribution is 2.45. The Morgan fingerprint density at radius 1 is 0.717 bits per heavy atom. The van der Waals surface area contributed by atoms with E-state index >= 15 is 0 Å². The fraction of sp³-hybridized carbons (Fsp3) is 0.118. The Morgan fingerprint density at radius 2 is 1.32 bits per heavy atom. The first-order valence-electron chi connectivity index (χ1n) is 15.3. The van der Waals surface area contributed by atoms with E-state index in [1.54, 1.807) is 41.5 Å². The minimum absolute atomic E-state index is 0.000670. The van der Waals surface area contributed by atoms with E-state index in [0.717, 1.165) is 17.7 Å². The van der Waals surface area contributed by atoms with Crippen LogP contribution in [0.5, 0.6) is 5.75 Å². The van der Waals surface area contributed by atoms with Gasteiger partial charge in [0.1, 0.15) is 43.2 Å². The Bertz CT molecular complexity index is 2910. The van der Waals surface area contributed by atoms with E-state index < -0.39 is 45.0 Å². The molecule has 0 bridgehead atoms. The highest BCUT2D eigenvalue weighted by atomic mass is 32.2. The van der Waals surface area contributed by atoms with Crippen molar-refractivity contribution in [2.75, 3.05) is 19.8 Å². The number of rotatable bonds is 12. The van der Waals surface area contributed by atoms with Crippen molar-refractivity contribution in [2.24, 2.45) is 0 Å². The molecule has 0 amide bonds. The maximum absolute atomic E-state index is 12.5. The van der Waals surface area contributed by atoms with Crippen LogP contribution in [-0.4, -0.2) is 83.7 Å². The molecular weight excluding hydrogens is 751 g/mol. The summed E-state index contributed by atoms with van der Waals surface area (Å²) in [6.45, 7) is 0.342. The van der Waals surface area contributed by atoms with Crippen molar-refractivity contribution >= 4 is 62.7 Å². The molecule has 0 atom stereocenters. The quantitative estimate of drug-likeness (QED) is 0.0809. The van der Waals surface area contributed by atoms with Gasteiger partial charge in [-0.25, -0.2) is 21.5 Å². The van der Waals surface area contributed by atoms with Gasteiger partial charge in [0.2, 0.25) is 0 Å². The van der Waals surface area contributed by atoms with Crippen LogP contribution < -0.4 is 4.74 Å². The SMILES string of the molecule is C#Cc1ccnc(-c2cc(-c3cn(CCOCCOc4cc(S(=O)(=O)O)c5ccc6c(S(=O)(=O)[O-])cc(S(=O)(=O)[O-])c7ccc4c5c76)nn3)ccn2)c1. The third-order valence-electron chi connectivity index (χ3n) is 8.30. The molecule has 7 aromatic rings. The molecule has 0 radical (unpaired) electrons. The van der Waals surface area contributed by atoms with Gasteiger partial charge in [0.05, 0.1) is 47.1 Å². The largest absolute Gasteiger partial charge is 0.744 e. The van der Waals surface area contributed by atoms with Crippen LogP contribution in [-0.2, 0) is 41.6 Å². The second kappa shape index (κ2) is 13.4. The number of hydrogen-bond donors (Lipinski definition) is 1. The van der Waals surface area contributed by atoms with Gasteiger partial charge in [0, 0.05) is 61.9 Å². The van der Waals surface area contributed by atoms with Crippen LogP contribution in [0.3, 0.4) is 0 Å². The highest BCUT2D eigenvalue weighted by molar-refractivity contribution is 7.87. The third kappa shape index (κ3) is 6.99. The van der Waals surface area contributed by atoms with Gasteiger partial charge in [0.25, 0.3) is 10.1 Å². The van der Waals surface area contributed by atoms with Crippen molar-refractivity contribution in [2.45, 2.75) is 21.2 Å². The van der Waals surface area contributed by atoms with E-state index in [4.69, 9.17) is 15.9 Å². The molecule has 7 rings (SSSR count). The first kappa shape index (κ1) is 35.8. The van der Waals surface area contributed by atoms with E-state index in [1.807, 2.05) is 6.07 Å². The molecule has 0 spiro atoms. The summed E-state index contributed by atoms with van der Waals surface area (Å²) in [6.07, 6.45) is 10.4. The number of aromatic nitrogens is 5. The van der Waals surface area contributed by atoms with Gasteiger partial charge in [0.15, 0.2) is 0 Å². The Kier molecular flexibility index (Phi) is 9.07. The average Bonchev–Trinajstić information content (AvgIpc) is 3.59. The Hall–Kier alpha value is -5.59. The fourth-order valence-corrected chi connectivity index (χ4v) is 8.20. The van der Waals surface area contributed by atoms with Crippen molar-refractivity contribution in [3.8, 4) is 40.7 Å². The topological polar surface area (TPSA) is 244 Å². The molecule has 0 saturated heterocycles. The van der Waals surface area contributed by atoms with Crippen LogP contribution in [0.15, 0.2) is 93.9 Å². The lowest BCUT2D eigenvalue weighted by Crippen LogP contribution is -2.12. The molecular formula is C34H23N5O11S3-2. The van der Waals surface area contributed by atoms with Crippen LogP contribution in [0.2, 0.25) is 0 Å². The van der Waals surface area contributed by atoms with Gasteiger partial charge < -0.3 is 18.6 Å². The molecule has 53 heavy (non-hydrogen) atoms. The molecule has 1 N–H and O–H groups in total. The molecule has 3 aromatic heterocycles. The highest BCUT2D eigenvalue weighted by Gasteiger charge is 2.25. The predicted molar refractivity (Wildman–Crippen MR) is 187 cm³/mol. The number of pyridine rings is 2. The minimum Gasteiger partial charge on any atom is -0.744 e. The van der Waals surface area contributed by atoms with E-state index in [1.165, 1.54) is 18.2 Å². The maximum Gasteiger partial charge on any atom is 0.295 e. The first-order valence-corrected chi connectivity index (χ1v) is 19.6. The van der Waals surface area contributed by atoms with E-state index in [9.17, 15) is 38.9 Å². The van der Waals surface area contributed by atoms with Gasteiger partial charge in [-0.05, 0) is 36.4 Å². The molecule has 0 saturated carbocycles. The lowest BCUT2D eigenvalue weighted by Gasteiger charge is -2.21. The zero-order valence-corrected chi connectivity index (χ0v) is 29.4. The smallest absolute Gasteiger partial charge is 0.295 e. The number of ether oxygens (including phenoxy) is 2. The van der Waals surface area contributed by atoms with Crippen LogP contribution in [0.4, 0.5) is 0 Å². The second-order valence-corrected chi connectivity index (χ2v) is 15.6. The normalized spacial score (nSPS) is 12.5. The van der Waals surface area contributed by atoms with Crippen LogP contribution >= 0.6 is 0 Å². The summed E-state index contributed by atoms with van der Waals surface area (Å²) in [5, 5.41) is 7.64. The van der Waals surface area contributed by atoms with Gasteiger partial charge in [-0.1, -0.05) is 29.3 Å². The summed E-state index contributed by atoms with van der Waals surface area (Å²) in [5.41, 5.74) is 3.20. The van der Waals surface area contributed by atoms with Gasteiger partial charge in [-0.15, -0.1) is 11.5 Å². The van der Waals surface area contributed by atoms with Crippen LogP contribution in [0.25, 0.3) is 55.0 Å². The fourth-order valence-electron chi connectivity index (χ4n) is 6.01. The first-order chi connectivity index (χ1) is 25.1. The maximum atomic E-state index is 12.5. The summed E-state index contributed by atoms with van der Waals surface area (Å²) in [6, 6.07) is 13.4. The minimum atomic E-state index is -5.32. The third-order valence-corrected chi connectivity index (χ3v) is 10.9. The lowest BCUT2D eigenvalue weighted by molar-refractivity contribution is 0.0927. The van der Waals surface area contributed by atoms with Crippen molar-refractivity contribution in [3.63, 3.8) is 0 Å². The van der Waals surface area contributed by atoms with Crippen molar-refractivity contribution in [1.82, 2.24) is 25.0 Å². The molecule has 4 aromatic carbocycles. The zero-order valence-electron chi connectivity index (χ0n) is 26.9.